The number of hydrazine groups is 1. The van der Waals surface area contributed by atoms with Gasteiger partial charge in [-0.05, 0) is 19.9 Å². The summed E-state index contributed by atoms with van der Waals surface area (Å²) in [7, 11) is 1.96. The van der Waals surface area contributed by atoms with Crippen LogP contribution in [0.5, 0.6) is 0 Å². The number of hydrogen-bond acceptors (Lipinski definition) is 4. The minimum atomic E-state index is 0.0516. The lowest BCUT2D eigenvalue weighted by molar-refractivity contribution is 0.0474. The van der Waals surface area contributed by atoms with Crippen LogP contribution in [0.15, 0.2) is 24.3 Å². The molecule has 1 aromatic heterocycles. The first kappa shape index (κ1) is 14.0. The zero-order chi connectivity index (χ0) is 13.8. The minimum absolute atomic E-state index is 0.0516. The van der Waals surface area contributed by atoms with Crippen LogP contribution in [0.1, 0.15) is 19.5 Å². The fourth-order valence-corrected chi connectivity index (χ4v) is 2.39. The van der Waals surface area contributed by atoms with E-state index in [1.54, 1.807) is 0 Å². The average molecular weight is 262 g/mol. The lowest BCUT2D eigenvalue weighted by atomic mass is 10.0. The van der Waals surface area contributed by atoms with Crippen molar-refractivity contribution in [3.63, 3.8) is 0 Å². The molecule has 5 heteroatoms. The minimum Gasteiger partial charge on any atom is -0.377 e. The predicted octanol–water partition coefficient (Wildman–Crippen LogP) is 1.37. The van der Waals surface area contributed by atoms with Crippen LogP contribution in [0.25, 0.3) is 10.9 Å². The summed E-state index contributed by atoms with van der Waals surface area (Å²) in [6.07, 6.45) is 0.801. The molecule has 2 aromatic rings. The summed E-state index contributed by atoms with van der Waals surface area (Å²) >= 11 is 0. The van der Waals surface area contributed by atoms with Gasteiger partial charge in [0.2, 0.25) is 0 Å². The lowest BCUT2D eigenvalue weighted by Gasteiger charge is -2.22. The number of nitrogens with zero attached hydrogens (tertiary/aromatic N) is 2. The Morgan fingerprint density at radius 3 is 2.84 bits per heavy atom. The molecule has 2 unspecified atom stereocenters. The molecule has 0 radical (unpaired) electrons. The molecule has 19 heavy (non-hydrogen) atoms. The third-order valence-corrected chi connectivity index (χ3v) is 3.46. The van der Waals surface area contributed by atoms with Gasteiger partial charge in [-0.3, -0.25) is 16.0 Å². The summed E-state index contributed by atoms with van der Waals surface area (Å²) in [6.45, 7) is 4.70. The first-order chi connectivity index (χ1) is 9.17. The number of nitrogens with one attached hydrogen (secondary N) is 1. The smallest absolute Gasteiger partial charge is 0.0720 e. The molecule has 1 heterocycles. The van der Waals surface area contributed by atoms with Crippen LogP contribution < -0.4 is 11.3 Å². The van der Waals surface area contributed by atoms with Crippen molar-refractivity contribution in [1.82, 2.24) is 15.2 Å². The van der Waals surface area contributed by atoms with Gasteiger partial charge in [0.25, 0.3) is 0 Å². The van der Waals surface area contributed by atoms with E-state index in [1.807, 2.05) is 37.7 Å². The van der Waals surface area contributed by atoms with Crippen LogP contribution in [0.4, 0.5) is 0 Å². The summed E-state index contributed by atoms with van der Waals surface area (Å²) in [5, 5.41) is 5.76. The monoisotopic (exact) mass is 262 g/mol. The van der Waals surface area contributed by atoms with E-state index in [2.05, 4.69) is 22.7 Å². The van der Waals surface area contributed by atoms with E-state index in [9.17, 15) is 0 Å². The maximum Gasteiger partial charge on any atom is 0.0720 e. The Morgan fingerprint density at radius 2 is 2.16 bits per heavy atom. The maximum atomic E-state index is 5.64. The highest BCUT2D eigenvalue weighted by Gasteiger charge is 2.19. The second-order valence-corrected chi connectivity index (χ2v) is 4.73. The van der Waals surface area contributed by atoms with E-state index >= 15 is 0 Å². The number of aromatic nitrogens is 2. The Kier molecular flexibility index (Phi) is 4.52. The lowest BCUT2D eigenvalue weighted by Crippen LogP contribution is -2.45. The average Bonchev–Trinajstić information content (AvgIpc) is 2.73. The van der Waals surface area contributed by atoms with Gasteiger partial charge in [0.05, 0.1) is 23.4 Å². The number of fused-ring (bicyclic) bond motifs is 1. The van der Waals surface area contributed by atoms with Gasteiger partial charge in [-0.15, -0.1) is 0 Å². The standard InChI is InChI=1S/C14H22N4O/c1-4-19-10(2)12(16-15)9-13-11-7-5-6-8-14(11)18(3)17-13/h5-8,10,12,16H,4,9,15H2,1-3H3. The zero-order valence-corrected chi connectivity index (χ0v) is 11.8. The van der Waals surface area contributed by atoms with Crippen molar-refractivity contribution in [2.45, 2.75) is 32.4 Å². The first-order valence-corrected chi connectivity index (χ1v) is 6.65. The van der Waals surface area contributed by atoms with Gasteiger partial charge >= 0.3 is 0 Å². The van der Waals surface area contributed by atoms with E-state index in [4.69, 9.17) is 10.6 Å². The van der Waals surface area contributed by atoms with E-state index in [0.717, 1.165) is 17.6 Å². The van der Waals surface area contributed by atoms with Crippen molar-refractivity contribution >= 4 is 10.9 Å². The molecule has 0 bridgehead atoms. The van der Waals surface area contributed by atoms with E-state index in [0.29, 0.717) is 6.61 Å². The van der Waals surface area contributed by atoms with Crippen LogP contribution >= 0.6 is 0 Å². The van der Waals surface area contributed by atoms with Gasteiger partial charge in [0.15, 0.2) is 0 Å². The third kappa shape index (κ3) is 2.94. The molecule has 0 fully saturated rings. The van der Waals surface area contributed by atoms with E-state index < -0.39 is 0 Å². The SMILES string of the molecule is CCOC(C)C(Cc1nn(C)c2ccccc12)NN. The molecule has 2 atom stereocenters. The van der Waals surface area contributed by atoms with Gasteiger partial charge in [0.1, 0.15) is 0 Å². The topological polar surface area (TPSA) is 65.1 Å². The quantitative estimate of drug-likeness (QED) is 0.609. The van der Waals surface area contributed by atoms with Crippen molar-refractivity contribution in [3.8, 4) is 0 Å². The molecule has 3 N–H and O–H groups in total. The van der Waals surface area contributed by atoms with Crippen LogP contribution in [-0.4, -0.2) is 28.5 Å². The van der Waals surface area contributed by atoms with Crippen LogP contribution in [0.3, 0.4) is 0 Å². The number of hydrogen-bond donors (Lipinski definition) is 2. The molecular formula is C14H22N4O. The molecule has 0 saturated heterocycles. The fraction of sp³-hybridized carbons (Fsp3) is 0.500. The molecule has 104 valence electrons. The molecule has 0 spiro atoms. The summed E-state index contributed by atoms with van der Waals surface area (Å²) in [5.74, 6) is 5.64. The third-order valence-electron chi connectivity index (χ3n) is 3.46. The van der Waals surface area contributed by atoms with Gasteiger partial charge in [-0.1, -0.05) is 18.2 Å². The van der Waals surface area contributed by atoms with Crippen molar-refractivity contribution in [2.24, 2.45) is 12.9 Å². The number of para-hydroxylation sites is 1. The highest BCUT2D eigenvalue weighted by Crippen LogP contribution is 2.19. The van der Waals surface area contributed by atoms with Crippen LogP contribution in [0.2, 0.25) is 0 Å². The largest absolute Gasteiger partial charge is 0.377 e. The van der Waals surface area contributed by atoms with Crippen molar-refractivity contribution in [1.29, 1.82) is 0 Å². The second kappa shape index (κ2) is 6.14. The number of nitrogens with two attached hydrogens (primary N) is 1. The Morgan fingerprint density at radius 1 is 1.42 bits per heavy atom. The fourth-order valence-electron chi connectivity index (χ4n) is 2.39. The number of aryl methyl sites for hydroxylation is 1. The molecule has 2 rings (SSSR count). The highest BCUT2D eigenvalue weighted by atomic mass is 16.5. The Labute approximate surface area is 113 Å². The van der Waals surface area contributed by atoms with Crippen LogP contribution in [-0.2, 0) is 18.2 Å². The van der Waals surface area contributed by atoms with Crippen LogP contribution in [0, 0.1) is 0 Å². The molecule has 1 aromatic carbocycles. The summed E-state index contributed by atoms with van der Waals surface area (Å²) in [4.78, 5) is 0. The van der Waals surface area contributed by atoms with E-state index in [-0.39, 0.29) is 12.1 Å². The molecule has 5 nitrogen and oxygen atoms in total. The predicted molar refractivity (Wildman–Crippen MR) is 76.6 cm³/mol. The Bertz CT molecular complexity index is 537. The van der Waals surface area contributed by atoms with Crippen molar-refractivity contribution in [3.05, 3.63) is 30.0 Å². The number of rotatable bonds is 6. The molecule has 0 aliphatic rings. The molecule has 0 aliphatic carbocycles. The summed E-state index contributed by atoms with van der Waals surface area (Å²) in [6, 6.07) is 8.28. The normalized spacial score (nSPS) is 14.7. The highest BCUT2D eigenvalue weighted by molar-refractivity contribution is 5.81. The van der Waals surface area contributed by atoms with Crippen molar-refractivity contribution in [2.75, 3.05) is 6.61 Å². The number of benzene rings is 1. The first-order valence-electron chi connectivity index (χ1n) is 6.65. The van der Waals surface area contributed by atoms with Gasteiger partial charge < -0.3 is 4.74 Å². The summed E-state index contributed by atoms with van der Waals surface area (Å²) < 4.78 is 7.52. The zero-order valence-electron chi connectivity index (χ0n) is 11.8. The molecular weight excluding hydrogens is 240 g/mol. The Hall–Kier alpha value is -1.43. The summed E-state index contributed by atoms with van der Waals surface area (Å²) in [5.41, 5.74) is 5.02. The second-order valence-electron chi connectivity index (χ2n) is 4.73. The molecule has 0 saturated carbocycles. The molecule has 0 amide bonds. The Balaban J connectivity index is 2.24. The van der Waals surface area contributed by atoms with Gasteiger partial charge in [0, 0.05) is 25.5 Å². The van der Waals surface area contributed by atoms with Crippen molar-refractivity contribution < 1.29 is 4.74 Å². The molecule has 0 aliphatic heterocycles. The van der Waals surface area contributed by atoms with Gasteiger partial charge in [-0.25, -0.2) is 0 Å². The maximum absolute atomic E-state index is 5.64. The van der Waals surface area contributed by atoms with E-state index in [1.165, 1.54) is 5.39 Å². The van der Waals surface area contributed by atoms with Gasteiger partial charge in [-0.2, -0.15) is 5.10 Å². The number of ether oxygens (including phenoxy) is 1.